The molecule has 0 spiro atoms. The van der Waals surface area contributed by atoms with Gasteiger partial charge in [-0.05, 0) is 42.1 Å². The third-order valence-corrected chi connectivity index (χ3v) is 3.45. The number of aryl methyl sites for hydroxylation is 1. The SMILES string of the molecule is Cc1ccc(OCc2ccc(C(C)CN)cc2)cc1F. The van der Waals surface area contributed by atoms with Crippen molar-refractivity contribution in [2.45, 2.75) is 26.4 Å². The highest BCUT2D eigenvalue weighted by Gasteiger charge is 2.04. The standard InChI is InChI=1S/C17H20FNO/c1-12-3-8-16(9-17(12)18)20-11-14-4-6-15(7-5-14)13(2)10-19/h3-9,13H,10-11,19H2,1-2H3. The molecule has 1 atom stereocenters. The quantitative estimate of drug-likeness (QED) is 0.900. The average Bonchev–Trinajstić information content (AvgIpc) is 2.48. The van der Waals surface area contributed by atoms with E-state index in [2.05, 4.69) is 19.1 Å². The Hall–Kier alpha value is -1.87. The first-order valence-corrected chi connectivity index (χ1v) is 6.78. The zero-order valence-electron chi connectivity index (χ0n) is 11.9. The van der Waals surface area contributed by atoms with Crippen LogP contribution in [0, 0.1) is 12.7 Å². The Balaban J connectivity index is 1.98. The van der Waals surface area contributed by atoms with Crippen LogP contribution in [0.25, 0.3) is 0 Å². The van der Waals surface area contributed by atoms with Crippen LogP contribution in [0.15, 0.2) is 42.5 Å². The lowest BCUT2D eigenvalue weighted by Gasteiger charge is -2.11. The molecular weight excluding hydrogens is 253 g/mol. The van der Waals surface area contributed by atoms with Crippen LogP contribution in [0.1, 0.15) is 29.5 Å². The first kappa shape index (κ1) is 14.5. The molecule has 106 valence electrons. The van der Waals surface area contributed by atoms with Crippen LogP contribution in [-0.4, -0.2) is 6.54 Å². The van der Waals surface area contributed by atoms with Gasteiger partial charge >= 0.3 is 0 Å². The van der Waals surface area contributed by atoms with E-state index in [1.165, 1.54) is 11.6 Å². The van der Waals surface area contributed by atoms with E-state index in [4.69, 9.17) is 10.5 Å². The second kappa shape index (κ2) is 6.53. The molecule has 0 fully saturated rings. The summed E-state index contributed by atoms with van der Waals surface area (Å²) in [5.41, 5.74) is 8.54. The van der Waals surface area contributed by atoms with Crippen LogP contribution in [0.4, 0.5) is 4.39 Å². The number of rotatable bonds is 5. The van der Waals surface area contributed by atoms with Gasteiger partial charge in [0.25, 0.3) is 0 Å². The van der Waals surface area contributed by atoms with Crippen molar-refractivity contribution in [3.8, 4) is 5.75 Å². The van der Waals surface area contributed by atoms with Crippen LogP contribution in [-0.2, 0) is 6.61 Å². The lowest BCUT2D eigenvalue weighted by molar-refractivity contribution is 0.304. The Kier molecular flexibility index (Phi) is 4.74. The molecule has 20 heavy (non-hydrogen) atoms. The lowest BCUT2D eigenvalue weighted by atomic mass is 10.0. The van der Waals surface area contributed by atoms with Crippen LogP contribution in [0.3, 0.4) is 0 Å². The summed E-state index contributed by atoms with van der Waals surface area (Å²) in [7, 11) is 0. The number of hydrogen-bond donors (Lipinski definition) is 1. The molecule has 2 aromatic rings. The Morgan fingerprint density at radius 1 is 1.15 bits per heavy atom. The molecule has 0 aliphatic rings. The Bertz CT molecular complexity index is 566. The van der Waals surface area contributed by atoms with Gasteiger partial charge < -0.3 is 10.5 Å². The third kappa shape index (κ3) is 3.58. The highest BCUT2D eigenvalue weighted by atomic mass is 19.1. The number of hydrogen-bond acceptors (Lipinski definition) is 2. The number of halogens is 1. The molecule has 0 aliphatic heterocycles. The molecule has 2 nitrogen and oxygen atoms in total. The van der Waals surface area contributed by atoms with E-state index in [9.17, 15) is 4.39 Å². The van der Waals surface area contributed by atoms with Crippen molar-refractivity contribution in [3.05, 3.63) is 65.0 Å². The minimum Gasteiger partial charge on any atom is -0.489 e. The maximum atomic E-state index is 13.4. The molecule has 0 heterocycles. The van der Waals surface area contributed by atoms with E-state index < -0.39 is 0 Å². The fourth-order valence-electron chi connectivity index (χ4n) is 1.91. The highest BCUT2D eigenvalue weighted by Crippen LogP contribution is 2.18. The molecule has 0 aromatic heterocycles. The predicted octanol–water partition coefficient (Wildman–Crippen LogP) is 3.78. The Labute approximate surface area is 119 Å². The molecule has 0 amide bonds. The zero-order valence-corrected chi connectivity index (χ0v) is 11.9. The van der Waals surface area contributed by atoms with Crippen LogP contribution in [0.5, 0.6) is 5.75 Å². The summed E-state index contributed by atoms with van der Waals surface area (Å²) < 4.78 is 19.0. The van der Waals surface area contributed by atoms with Crippen LogP contribution < -0.4 is 10.5 Å². The van der Waals surface area contributed by atoms with E-state index in [0.29, 0.717) is 30.4 Å². The average molecular weight is 273 g/mol. The van der Waals surface area contributed by atoms with E-state index in [-0.39, 0.29) is 5.82 Å². The summed E-state index contributed by atoms with van der Waals surface area (Å²) >= 11 is 0. The van der Waals surface area contributed by atoms with Crippen LogP contribution >= 0.6 is 0 Å². The van der Waals surface area contributed by atoms with E-state index >= 15 is 0 Å². The molecule has 0 saturated heterocycles. The van der Waals surface area contributed by atoms with Crippen LogP contribution in [0.2, 0.25) is 0 Å². The summed E-state index contributed by atoms with van der Waals surface area (Å²) in [4.78, 5) is 0. The molecule has 0 aliphatic carbocycles. The van der Waals surface area contributed by atoms with E-state index in [0.717, 1.165) is 5.56 Å². The normalized spacial score (nSPS) is 12.2. The van der Waals surface area contributed by atoms with Crippen molar-refractivity contribution < 1.29 is 9.13 Å². The van der Waals surface area contributed by atoms with Gasteiger partial charge in [-0.15, -0.1) is 0 Å². The summed E-state index contributed by atoms with van der Waals surface area (Å²) in [5.74, 6) is 0.665. The van der Waals surface area contributed by atoms with Gasteiger partial charge in [-0.25, -0.2) is 4.39 Å². The fourth-order valence-corrected chi connectivity index (χ4v) is 1.91. The second-order valence-corrected chi connectivity index (χ2v) is 5.08. The molecule has 0 radical (unpaired) electrons. The van der Waals surface area contributed by atoms with Crippen molar-refractivity contribution >= 4 is 0 Å². The maximum absolute atomic E-state index is 13.4. The van der Waals surface area contributed by atoms with E-state index in [1.54, 1.807) is 19.1 Å². The van der Waals surface area contributed by atoms with E-state index in [1.807, 2.05) is 12.1 Å². The minimum absolute atomic E-state index is 0.241. The summed E-state index contributed by atoms with van der Waals surface area (Å²) in [6.07, 6.45) is 0. The number of nitrogens with two attached hydrogens (primary N) is 1. The van der Waals surface area contributed by atoms with Gasteiger partial charge in [0, 0.05) is 6.07 Å². The van der Waals surface area contributed by atoms with Gasteiger partial charge in [-0.2, -0.15) is 0 Å². The van der Waals surface area contributed by atoms with Crippen molar-refractivity contribution in [3.63, 3.8) is 0 Å². The zero-order chi connectivity index (χ0) is 14.5. The molecule has 0 saturated carbocycles. The van der Waals surface area contributed by atoms with Gasteiger partial charge in [-0.1, -0.05) is 37.3 Å². The first-order valence-electron chi connectivity index (χ1n) is 6.78. The highest BCUT2D eigenvalue weighted by molar-refractivity contribution is 5.29. The van der Waals surface area contributed by atoms with Gasteiger partial charge in [-0.3, -0.25) is 0 Å². The van der Waals surface area contributed by atoms with Gasteiger partial charge in [0.15, 0.2) is 0 Å². The Morgan fingerprint density at radius 2 is 1.85 bits per heavy atom. The molecule has 0 bridgehead atoms. The lowest BCUT2D eigenvalue weighted by Crippen LogP contribution is -2.08. The summed E-state index contributed by atoms with van der Waals surface area (Å²) in [6, 6.07) is 13.1. The fraction of sp³-hybridized carbons (Fsp3) is 0.294. The monoisotopic (exact) mass is 273 g/mol. The van der Waals surface area contributed by atoms with Crippen molar-refractivity contribution in [2.24, 2.45) is 5.73 Å². The number of ether oxygens (including phenoxy) is 1. The van der Waals surface area contributed by atoms with Gasteiger partial charge in [0.05, 0.1) is 0 Å². The van der Waals surface area contributed by atoms with Gasteiger partial charge in [0.2, 0.25) is 0 Å². The number of benzene rings is 2. The third-order valence-electron chi connectivity index (χ3n) is 3.45. The van der Waals surface area contributed by atoms with Crippen molar-refractivity contribution in [1.82, 2.24) is 0 Å². The molecule has 2 rings (SSSR count). The first-order chi connectivity index (χ1) is 9.60. The van der Waals surface area contributed by atoms with Crippen molar-refractivity contribution in [2.75, 3.05) is 6.54 Å². The molecular formula is C17H20FNO. The van der Waals surface area contributed by atoms with Crippen molar-refractivity contribution in [1.29, 1.82) is 0 Å². The smallest absolute Gasteiger partial charge is 0.129 e. The minimum atomic E-state index is -0.241. The predicted molar refractivity (Wildman–Crippen MR) is 79.4 cm³/mol. The molecule has 2 N–H and O–H groups in total. The van der Waals surface area contributed by atoms with Gasteiger partial charge in [0.1, 0.15) is 18.2 Å². The molecule has 3 heteroatoms. The summed E-state index contributed by atoms with van der Waals surface area (Å²) in [6.45, 7) is 4.90. The maximum Gasteiger partial charge on any atom is 0.129 e. The summed E-state index contributed by atoms with van der Waals surface area (Å²) in [5, 5.41) is 0. The molecule has 1 unspecified atom stereocenters. The molecule has 2 aromatic carbocycles. The topological polar surface area (TPSA) is 35.2 Å². The second-order valence-electron chi connectivity index (χ2n) is 5.08. The largest absolute Gasteiger partial charge is 0.489 e. The Morgan fingerprint density at radius 3 is 2.45 bits per heavy atom.